The predicted octanol–water partition coefficient (Wildman–Crippen LogP) is 2.16. The fourth-order valence-electron chi connectivity index (χ4n) is 5.68. The first-order valence-electron chi connectivity index (χ1n) is 11.9. The van der Waals surface area contributed by atoms with Crippen molar-refractivity contribution in [3.63, 3.8) is 0 Å². The van der Waals surface area contributed by atoms with Crippen LogP contribution in [0.4, 0.5) is 0 Å². The van der Waals surface area contributed by atoms with Gasteiger partial charge in [-0.15, -0.1) is 0 Å². The van der Waals surface area contributed by atoms with E-state index in [0.717, 1.165) is 64.2 Å². The van der Waals surface area contributed by atoms with Crippen LogP contribution in [0.5, 0.6) is 0 Å². The van der Waals surface area contributed by atoms with E-state index >= 15 is 0 Å². The third-order valence-corrected chi connectivity index (χ3v) is 7.43. The molecule has 4 aliphatic rings. The number of hydrogen-bond acceptors (Lipinski definition) is 4. The van der Waals surface area contributed by atoms with E-state index in [1.54, 1.807) is 0 Å². The summed E-state index contributed by atoms with van der Waals surface area (Å²) in [4.78, 5) is 13.2. The molecule has 28 heavy (non-hydrogen) atoms. The number of nitrogens with one attached hydrogen (secondary N) is 1. The second-order valence-electron chi connectivity index (χ2n) is 9.19. The fraction of sp³-hybridized carbons (Fsp3) is 0.955. The molecule has 4 aliphatic heterocycles. The van der Waals surface area contributed by atoms with Crippen LogP contribution < -0.4 is 5.32 Å². The number of likely N-dealkylation sites (tertiary alicyclic amines) is 3. The van der Waals surface area contributed by atoms with Crippen LogP contribution >= 0.6 is 0 Å². The molecule has 1 unspecified atom stereocenters. The topological polar surface area (TPSA) is 43.3 Å². The summed E-state index contributed by atoms with van der Waals surface area (Å²) in [5, 5.41) is 3.60. The van der Waals surface area contributed by atoms with Crippen LogP contribution in [0.1, 0.15) is 58.3 Å². The zero-order valence-electron chi connectivity index (χ0n) is 18.0. The summed E-state index contributed by atoms with van der Waals surface area (Å²) in [6.07, 6.45) is 10.4. The molecule has 0 aliphatic carbocycles. The lowest BCUT2D eigenvalue weighted by Crippen LogP contribution is -2.54. The SMILES string of the molecule is CCNC(=NCC1(N2CCCC2)CCOCC1)N1CCC(N2CCCCC2)C1. The van der Waals surface area contributed by atoms with Gasteiger partial charge in [-0.3, -0.25) is 14.8 Å². The van der Waals surface area contributed by atoms with Crippen LogP contribution in [0.2, 0.25) is 0 Å². The number of guanidine groups is 1. The second-order valence-corrected chi connectivity index (χ2v) is 9.19. The Hall–Kier alpha value is -0.850. The molecule has 160 valence electrons. The largest absolute Gasteiger partial charge is 0.381 e. The number of ether oxygens (including phenoxy) is 1. The molecule has 0 radical (unpaired) electrons. The van der Waals surface area contributed by atoms with Crippen LogP contribution in [0.15, 0.2) is 4.99 Å². The summed E-state index contributed by atoms with van der Waals surface area (Å²) in [6, 6.07) is 0.722. The zero-order valence-corrected chi connectivity index (χ0v) is 18.0. The monoisotopic (exact) mass is 391 g/mol. The minimum Gasteiger partial charge on any atom is -0.381 e. The quantitative estimate of drug-likeness (QED) is 0.575. The van der Waals surface area contributed by atoms with Gasteiger partial charge < -0.3 is 15.0 Å². The molecule has 1 N–H and O–H groups in total. The fourth-order valence-corrected chi connectivity index (χ4v) is 5.68. The molecule has 0 spiro atoms. The Morgan fingerprint density at radius 2 is 1.71 bits per heavy atom. The molecule has 6 heteroatoms. The van der Waals surface area contributed by atoms with Gasteiger partial charge in [-0.2, -0.15) is 0 Å². The molecular weight excluding hydrogens is 350 g/mol. The van der Waals surface area contributed by atoms with Gasteiger partial charge in [0.05, 0.1) is 6.54 Å². The van der Waals surface area contributed by atoms with Gasteiger partial charge in [0.15, 0.2) is 5.96 Å². The zero-order chi connectivity index (χ0) is 19.2. The highest BCUT2D eigenvalue weighted by Crippen LogP contribution is 2.32. The smallest absolute Gasteiger partial charge is 0.194 e. The van der Waals surface area contributed by atoms with Crippen molar-refractivity contribution < 1.29 is 4.74 Å². The molecular formula is C22H41N5O. The van der Waals surface area contributed by atoms with Gasteiger partial charge in [-0.25, -0.2) is 0 Å². The van der Waals surface area contributed by atoms with Gasteiger partial charge in [-0.1, -0.05) is 6.42 Å². The van der Waals surface area contributed by atoms with Crippen molar-refractivity contribution in [2.75, 3.05) is 65.6 Å². The van der Waals surface area contributed by atoms with E-state index in [1.807, 2.05) is 0 Å². The highest BCUT2D eigenvalue weighted by atomic mass is 16.5. The van der Waals surface area contributed by atoms with Crippen molar-refractivity contribution >= 4 is 5.96 Å². The summed E-state index contributed by atoms with van der Waals surface area (Å²) in [6.45, 7) is 13.2. The maximum absolute atomic E-state index is 5.71. The van der Waals surface area contributed by atoms with Crippen LogP contribution in [-0.2, 0) is 4.74 Å². The molecule has 0 bridgehead atoms. The third-order valence-electron chi connectivity index (χ3n) is 7.43. The van der Waals surface area contributed by atoms with Crippen molar-refractivity contribution in [2.45, 2.75) is 69.9 Å². The number of nitrogens with zero attached hydrogens (tertiary/aromatic N) is 4. The van der Waals surface area contributed by atoms with Crippen molar-refractivity contribution in [3.05, 3.63) is 0 Å². The predicted molar refractivity (Wildman–Crippen MR) is 115 cm³/mol. The lowest BCUT2D eigenvalue weighted by atomic mass is 9.88. The normalized spacial score (nSPS) is 30.1. The second kappa shape index (κ2) is 9.77. The van der Waals surface area contributed by atoms with E-state index in [9.17, 15) is 0 Å². The molecule has 4 heterocycles. The summed E-state index contributed by atoms with van der Waals surface area (Å²) in [5.41, 5.74) is 0.224. The molecule has 4 saturated heterocycles. The van der Waals surface area contributed by atoms with E-state index in [1.165, 1.54) is 64.7 Å². The first kappa shape index (κ1) is 20.4. The maximum Gasteiger partial charge on any atom is 0.194 e. The molecule has 0 amide bonds. The van der Waals surface area contributed by atoms with Crippen molar-refractivity contribution in [2.24, 2.45) is 4.99 Å². The molecule has 6 nitrogen and oxygen atoms in total. The molecule has 0 saturated carbocycles. The van der Waals surface area contributed by atoms with E-state index in [-0.39, 0.29) is 5.54 Å². The van der Waals surface area contributed by atoms with Crippen LogP contribution in [0.3, 0.4) is 0 Å². The highest BCUT2D eigenvalue weighted by Gasteiger charge is 2.40. The number of hydrogen-bond donors (Lipinski definition) is 1. The first-order valence-corrected chi connectivity index (χ1v) is 11.9. The lowest BCUT2D eigenvalue weighted by molar-refractivity contribution is -0.0139. The molecule has 4 rings (SSSR count). The lowest BCUT2D eigenvalue weighted by Gasteiger charge is -2.44. The Morgan fingerprint density at radius 3 is 2.43 bits per heavy atom. The van der Waals surface area contributed by atoms with E-state index in [2.05, 4.69) is 26.9 Å². The number of piperidine rings is 1. The van der Waals surface area contributed by atoms with E-state index in [4.69, 9.17) is 9.73 Å². The van der Waals surface area contributed by atoms with Crippen molar-refractivity contribution in [1.29, 1.82) is 0 Å². The Morgan fingerprint density at radius 1 is 1.00 bits per heavy atom. The van der Waals surface area contributed by atoms with E-state index in [0.29, 0.717) is 0 Å². The Kier molecular flexibility index (Phi) is 7.13. The van der Waals surface area contributed by atoms with Crippen LogP contribution in [-0.4, -0.2) is 97.8 Å². The van der Waals surface area contributed by atoms with Gasteiger partial charge in [0.1, 0.15) is 0 Å². The number of rotatable bonds is 5. The maximum atomic E-state index is 5.71. The van der Waals surface area contributed by atoms with Crippen LogP contribution in [0, 0.1) is 0 Å². The number of aliphatic imine (C=N–C) groups is 1. The molecule has 4 fully saturated rings. The third kappa shape index (κ3) is 4.65. The summed E-state index contributed by atoms with van der Waals surface area (Å²) >= 11 is 0. The minimum absolute atomic E-state index is 0.224. The van der Waals surface area contributed by atoms with Crippen molar-refractivity contribution in [3.8, 4) is 0 Å². The van der Waals surface area contributed by atoms with Crippen LogP contribution in [0.25, 0.3) is 0 Å². The van der Waals surface area contributed by atoms with Gasteiger partial charge in [0.2, 0.25) is 0 Å². The summed E-state index contributed by atoms with van der Waals surface area (Å²) in [7, 11) is 0. The summed E-state index contributed by atoms with van der Waals surface area (Å²) in [5.74, 6) is 1.15. The average Bonchev–Trinajstić information content (AvgIpc) is 3.45. The van der Waals surface area contributed by atoms with Crippen molar-refractivity contribution in [1.82, 2.24) is 20.0 Å². The first-order chi connectivity index (χ1) is 13.8. The Labute approximate surface area is 171 Å². The molecule has 0 aromatic heterocycles. The Bertz CT molecular complexity index is 507. The standard InChI is InChI=1S/C22H41N5O/c1-2-23-21(26-15-8-20(18-26)25-11-4-3-5-12-25)24-19-22(9-16-28-17-10-22)27-13-6-7-14-27/h20H,2-19H2,1H3,(H,23,24). The highest BCUT2D eigenvalue weighted by molar-refractivity contribution is 5.80. The molecule has 1 atom stereocenters. The average molecular weight is 392 g/mol. The summed E-state index contributed by atoms with van der Waals surface area (Å²) < 4.78 is 5.71. The van der Waals surface area contributed by atoms with Gasteiger partial charge in [-0.05, 0) is 78.0 Å². The van der Waals surface area contributed by atoms with E-state index < -0.39 is 0 Å². The van der Waals surface area contributed by atoms with Gasteiger partial charge in [0.25, 0.3) is 0 Å². The Balaban J connectivity index is 1.42. The van der Waals surface area contributed by atoms with Gasteiger partial charge >= 0.3 is 0 Å². The van der Waals surface area contributed by atoms with Gasteiger partial charge in [0, 0.05) is 44.4 Å². The molecule has 0 aromatic rings. The minimum atomic E-state index is 0.224. The molecule has 0 aromatic carbocycles.